The number of hydrogen-bond acceptors (Lipinski definition) is 3. The molecule has 0 aliphatic carbocycles. The number of nitro groups is 1. The first-order chi connectivity index (χ1) is 9.90. The van der Waals surface area contributed by atoms with Crippen molar-refractivity contribution in [2.24, 2.45) is 0 Å². The largest absolute Gasteiger partial charge is 0.376 e. The van der Waals surface area contributed by atoms with Crippen LogP contribution in [0, 0.1) is 21.7 Å². The molecule has 4 nitrogen and oxygen atoms in total. The van der Waals surface area contributed by atoms with Gasteiger partial charge in [0.2, 0.25) is 0 Å². The molecule has 2 aromatic carbocycles. The van der Waals surface area contributed by atoms with Gasteiger partial charge in [-0.15, -0.1) is 0 Å². The molecule has 7 heteroatoms. The van der Waals surface area contributed by atoms with E-state index in [-0.39, 0.29) is 15.8 Å². The molecule has 0 fully saturated rings. The molecule has 0 saturated heterocycles. The van der Waals surface area contributed by atoms with Gasteiger partial charge in [0, 0.05) is 12.1 Å². The fourth-order valence-electron chi connectivity index (χ4n) is 1.96. The van der Waals surface area contributed by atoms with Crippen molar-refractivity contribution in [2.75, 3.05) is 5.32 Å². The SMILES string of the molecule is CC(Nc1cc(Br)c(F)cc1F)c1ccccc1[N+](=O)[O-]. The second-order valence-corrected chi connectivity index (χ2v) is 5.28. The number of halogens is 3. The minimum atomic E-state index is -0.763. The Bertz CT molecular complexity index is 695. The number of nitro benzene ring substituents is 1. The molecule has 0 heterocycles. The molecule has 0 aliphatic heterocycles. The highest BCUT2D eigenvalue weighted by atomic mass is 79.9. The van der Waals surface area contributed by atoms with Crippen LogP contribution in [-0.4, -0.2) is 4.92 Å². The van der Waals surface area contributed by atoms with Crippen LogP contribution < -0.4 is 5.32 Å². The van der Waals surface area contributed by atoms with E-state index in [1.807, 2.05) is 0 Å². The van der Waals surface area contributed by atoms with Crippen molar-refractivity contribution in [1.82, 2.24) is 0 Å². The Morgan fingerprint density at radius 2 is 1.90 bits per heavy atom. The van der Waals surface area contributed by atoms with Gasteiger partial charge >= 0.3 is 0 Å². The van der Waals surface area contributed by atoms with E-state index >= 15 is 0 Å². The van der Waals surface area contributed by atoms with Gasteiger partial charge in [-0.3, -0.25) is 10.1 Å². The van der Waals surface area contributed by atoms with Crippen molar-refractivity contribution in [3.05, 3.63) is 68.2 Å². The van der Waals surface area contributed by atoms with Crippen LogP contribution in [0.5, 0.6) is 0 Å². The highest BCUT2D eigenvalue weighted by Gasteiger charge is 2.19. The van der Waals surface area contributed by atoms with Gasteiger partial charge in [0.05, 0.1) is 26.7 Å². The van der Waals surface area contributed by atoms with Crippen LogP contribution in [0.15, 0.2) is 40.9 Å². The summed E-state index contributed by atoms with van der Waals surface area (Å²) < 4.78 is 27.0. The summed E-state index contributed by atoms with van der Waals surface area (Å²) in [6.07, 6.45) is 0. The molecular formula is C14H11BrF2N2O2. The van der Waals surface area contributed by atoms with E-state index in [1.165, 1.54) is 12.1 Å². The maximum Gasteiger partial charge on any atom is 0.274 e. The molecule has 0 radical (unpaired) electrons. The zero-order valence-corrected chi connectivity index (χ0v) is 12.5. The molecule has 0 bridgehead atoms. The van der Waals surface area contributed by atoms with Crippen LogP contribution in [0.25, 0.3) is 0 Å². The van der Waals surface area contributed by atoms with Crippen LogP contribution in [0.1, 0.15) is 18.5 Å². The first kappa shape index (κ1) is 15.4. The number of rotatable bonds is 4. The lowest BCUT2D eigenvalue weighted by Gasteiger charge is -2.16. The standard InChI is InChI=1S/C14H11BrF2N2O2/c1-8(9-4-2-3-5-14(9)19(20)21)18-13-6-10(15)11(16)7-12(13)17/h2-8,18H,1H3. The summed E-state index contributed by atoms with van der Waals surface area (Å²) in [7, 11) is 0. The van der Waals surface area contributed by atoms with Crippen molar-refractivity contribution in [3.63, 3.8) is 0 Å². The third-order valence-electron chi connectivity index (χ3n) is 2.98. The molecule has 0 aromatic heterocycles. The third-order valence-corrected chi connectivity index (χ3v) is 3.59. The highest BCUT2D eigenvalue weighted by Crippen LogP contribution is 2.30. The Balaban J connectivity index is 2.33. The van der Waals surface area contributed by atoms with Crippen LogP contribution in [0.2, 0.25) is 0 Å². The molecular weight excluding hydrogens is 346 g/mol. The number of para-hydroxylation sites is 1. The fraction of sp³-hybridized carbons (Fsp3) is 0.143. The molecule has 1 unspecified atom stereocenters. The van der Waals surface area contributed by atoms with Gasteiger partial charge in [-0.1, -0.05) is 18.2 Å². The number of hydrogen-bond donors (Lipinski definition) is 1. The van der Waals surface area contributed by atoms with E-state index in [0.717, 1.165) is 6.07 Å². The number of nitrogens with one attached hydrogen (secondary N) is 1. The molecule has 2 aromatic rings. The van der Waals surface area contributed by atoms with Crippen molar-refractivity contribution < 1.29 is 13.7 Å². The van der Waals surface area contributed by atoms with Crippen molar-refractivity contribution >= 4 is 27.3 Å². The summed E-state index contributed by atoms with van der Waals surface area (Å²) in [6, 6.07) is 7.69. The Labute approximate surface area is 128 Å². The quantitative estimate of drug-likeness (QED) is 0.485. The molecule has 1 atom stereocenters. The molecule has 0 amide bonds. The highest BCUT2D eigenvalue weighted by molar-refractivity contribution is 9.10. The summed E-state index contributed by atoms with van der Waals surface area (Å²) in [5.74, 6) is -1.47. The monoisotopic (exact) mass is 356 g/mol. The van der Waals surface area contributed by atoms with Crippen LogP contribution in [-0.2, 0) is 0 Å². The lowest BCUT2D eigenvalue weighted by Crippen LogP contribution is -2.10. The predicted molar refractivity (Wildman–Crippen MR) is 79.2 cm³/mol. The van der Waals surface area contributed by atoms with E-state index in [9.17, 15) is 18.9 Å². The van der Waals surface area contributed by atoms with E-state index in [1.54, 1.807) is 25.1 Å². The number of benzene rings is 2. The Hall–Kier alpha value is -2.02. The zero-order valence-electron chi connectivity index (χ0n) is 10.9. The minimum Gasteiger partial charge on any atom is -0.376 e. The molecule has 0 spiro atoms. The lowest BCUT2D eigenvalue weighted by molar-refractivity contribution is -0.385. The molecule has 2 rings (SSSR count). The van der Waals surface area contributed by atoms with E-state index in [0.29, 0.717) is 5.56 Å². The van der Waals surface area contributed by atoms with Gasteiger partial charge in [0.15, 0.2) is 0 Å². The smallest absolute Gasteiger partial charge is 0.274 e. The van der Waals surface area contributed by atoms with E-state index in [2.05, 4.69) is 21.2 Å². The van der Waals surface area contributed by atoms with Crippen molar-refractivity contribution in [1.29, 1.82) is 0 Å². The van der Waals surface area contributed by atoms with Gasteiger partial charge in [0.1, 0.15) is 11.6 Å². The average molecular weight is 357 g/mol. The van der Waals surface area contributed by atoms with Gasteiger partial charge in [0.25, 0.3) is 5.69 Å². The second-order valence-electron chi connectivity index (χ2n) is 4.43. The minimum absolute atomic E-state index is 0.0564. The van der Waals surface area contributed by atoms with Gasteiger partial charge < -0.3 is 5.32 Å². The van der Waals surface area contributed by atoms with Gasteiger partial charge in [-0.05, 0) is 28.9 Å². The lowest BCUT2D eigenvalue weighted by atomic mass is 10.1. The van der Waals surface area contributed by atoms with Crippen molar-refractivity contribution in [3.8, 4) is 0 Å². The van der Waals surface area contributed by atoms with Gasteiger partial charge in [-0.25, -0.2) is 8.78 Å². The fourth-order valence-corrected chi connectivity index (χ4v) is 2.31. The first-order valence-electron chi connectivity index (χ1n) is 6.04. The maximum absolute atomic E-state index is 13.7. The molecule has 1 N–H and O–H groups in total. The topological polar surface area (TPSA) is 55.2 Å². The second kappa shape index (κ2) is 6.17. The number of nitrogens with zero attached hydrogens (tertiary/aromatic N) is 1. The Kier molecular flexibility index (Phi) is 4.52. The summed E-state index contributed by atoms with van der Waals surface area (Å²) >= 11 is 2.97. The number of anilines is 1. The summed E-state index contributed by atoms with van der Waals surface area (Å²) in [5.41, 5.74) is 0.426. The third kappa shape index (κ3) is 3.36. The van der Waals surface area contributed by atoms with Crippen LogP contribution >= 0.6 is 15.9 Å². The predicted octanol–water partition coefficient (Wildman–Crippen LogP) is 4.81. The first-order valence-corrected chi connectivity index (χ1v) is 6.84. The Morgan fingerprint density at radius 3 is 2.57 bits per heavy atom. The van der Waals surface area contributed by atoms with Crippen LogP contribution in [0.3, 0.4) is 0 Å². The van der Waals surface area contributed by atoms with E-state index < -0.39 is 22.6 Å². The molecule has 21 heavy (non-hydrogen) atoms. The summed E-state index contributed by atoms with van der Waals surface area (Å²) in [6.45, 7) is 1.67. The van der Waals surface area contributed by atoms with E-state index in [4.69, 9.17) is 0 Å². The van der Waals surface area contributed by atoms with Gasteiger partial charge in [-0.2, -0.15) is 0 Å². The molecule has 0 saturated carbocycles. The van der Waals surface area contributed by atoms with Crippen molar-refractivity contribution in [2.45, 2.75) is 13.0 Å². The normalized spacial score (nSPS) is 12.0. The maximum atomic E-state index is 13.7. The summed E-state index contributed by atoms with van der Waals surface area (Å²) in [5, 5.41) is 13.8. The summed E-state index contributed by atoms with van der Waals surface area (Å²) in [4.78, 5) is 10.5. The average Bonchev–Trinajstić information content (AvgIpc) is 2.44. The molecule has 110 valence electrons. The molecule has 0 aliphatic rings. The zero-order chi connectivity index (χ0) is 15.6. The van der Waals surface area contributed by atoms with Crippen LogP contribution in [0.4, 0.5) is 20.2 Å². The Morgan fingerprint density at radius 1 is 1.24 bits per heavy atom.